The van der Waals surface area contributed by atoms with Crippen molar-refractivity contribution in [1.29, 1.82) is 0 Å². The van der Waals surface area contributed by atoms with Crippen LogP contribution in [0, 0.1) is 5.82 Å². The van der Waals surface area contributed by atoms with Crippen molar-refractivity contribution >= 4 is 23.6 Å². The number of ether oxygens (including phenoxy) is 2. The second-order valence-electron chi connectivity index (χ2n) is 6.18. The summed E-state index contributed by atoms with van der Waals surface area (Å²) >= 11 is 0. The number of methoxy groups -OCH3 is 1. The first-order chi connectivity index (χ1) is 11.8. The molecule has 2 aliphatic rings. The molecule has 0 radical (unpaired) electrons. The quantitative estimate of drug-likeness (QED) is 0.728. The number of carbonyl (C=O) groups is 3. The number of anilines is 1. The van der Waals surface area contributed by atoms with Crippen molar-refractivity contribution in [2.45, 2.75) is 24.5 Å². The Bertz CT molecular complexity index is 755. The van der Waals surface area contributed by atoms with E-state index in [1.54, 1.807) is 0 Å². The highest BCUT2D eigenvalue weighted by Crippen LogP contribution is 2.35. The number of hydrogen-bond acceptors (Lipinski definition) is 5. The van der Waals surface area contributed by atoms with Gasteiger partial charge in [0, 0.05) is 7.11 Å². The molecule has 3 N–H and O–H groups in total. The molecule has 134 valence electrons. The SMILES string of the molecule is COC1CN(c2ccc(C(C)(C(N)=O)C3CNC(=O)O3)cc2F)C1=O. The molecule has 2 fully saturated rings. The third kappa shape index (κ3) is 2.60. The van der Waals surface area contributed by atoms with E-state index in [1.807, 2.05) is 0 Å². The largest absolute Gasteiger partial charge is 0.443 e. The zero-order chi connectivity index (χ0) is 18.4. The number of β-lactam (4-membered cyclic amide) rings is 1. The average Bonchev–Trinajstić information content (AvgIpc) is 3.01. The van der Waals surface area contributed by atoms with Crippen LogP contribution in [0.15, 0.2) is 18.2 Å². The second-order valence-corrected chi connectivity index (χ2v) is 6.18. The highest BCUT2D eigenvalue weighted by Gasteiger charge is 2.47. The molecule has 2 saturated heterocycles. The van der Waals surface area contributed by atoms with Gasteiger partial charge in [-0.25, -0.2) is 9.18 Å². The summed E-state index contributed by atoms with van der Waals surface area (Å²) in [6.07, 6.45) is -2.09. The zero-order valence-electron chi connectivity index (χ0n) is 13.7. The summed E-state index contributed by atoms with van der Waals surface area (Å²) in [6.45, 7) is 1.83. The lowest BCUT2D eigenvalue weighted by atomic mass is 9.76. The lowest BCUT2D eigenvalue weighted by molar-refractivity contribution is -0.134. The Morgan fingerprint density at radius 1 is 1.48 bits per heavy atom. The number of nitrogens with zero attached hydrogens (tertiary/aromatic N) is 1. The summed E-state index contributed by atoms with van der Waals surface area (Å²) in [5.41, 5.74) is 4.46. The Kier molecular flexibility index (Phi) is 4.11. The fourth-order valence-electron chi connectivity index (χ4n) is 3.03. The zero-order valence-corrected chi connectivity index (χ0v) is 13.7. The summed E-state index contributed by atoms with van der Waals surface area (Å²) in [5, 5.41) is 2.45. The van der Waals surface area contributed by atoms with Gasteiger partial charge in [0.15, 0.2) is 6.10 Å². The maximum absolute atomic E-state index is 14.6. The summed E-state index contributed by atoms with van der Waals surface area (Å²) in [7, 11) is 1.41. The first-order valence-corrected chi connectivity index (χ1v) is 7.67. The smallest absolute Gasteiger partial charge is 0.407 e. The number of nitrogens with one attached hydrogen (secondary N) is 1. The second kappa shape index (κ2) is 5.99. The minimum atomic E-state index is -1.41. The number of hydrogen-bond donors (Lipinski definition) is 2. The first-order valence-electron chi connectivity index (χ1n) is 7.67. The van der Waals surface area contributed by atoms with Crippen molar-refractivity contribution in [3.63, 3.8) is 0 Å². The Labute approximate surface area is 143 Å². The maximum atomic E-state index is 14.6. The van der Waals surface area contributed by atoms with Crippen molar-refractivity contribution in [2.24, 2.45) is 5.73 Å². The minimum Gasteiger partial charge on any atom is -0.443 e. The van der Waals surface area contributed by atoms with E-state index in [-0.39, 0.29) is 30.2 Å². The van der Waals surface area contributed by atoms with Gasteiger partial charge in [-0.3, -0.25) is 9.59 Å². The number of amides is 3. The topological polar surface area (TPSA) is 111 Å². The normalized spacial score (nSPS) is 25.0. The number of benzene rings is 1. The summed E-state index contributed by atoms with van der Waals surface area (Å²) in [6, 6.07) is 4.04. The fraction of sp³-hybridized carbons (Fsp3) is 0.438. The van der Waals surface area contributed by atoms with E-state index in [4.69, 9.17) is 15.2 Å². The van der Waals surface area contributed by atoms with Gasteiger partial charge in [-0.1, -0.05) is 6.07 Å². The Morgan fingerprint density at radius 2 is 2.20 bits per heavy atom. The summed E-state index contributed by atoms with van der Waals surface area (Å²) in [4.78, 5) is 36.5. The van der Waals surface area contributed by atoms with E-state index in [9.17, 15) is 18.8 Å². The first kappa shape index (κ1) is 17.2. The van der Waals surface area contributed by atoms with Crippen LogP contribution in [0.4, 0.5) is 14.9 Å². The molecular weight excluding hydrogens is 333 g/mol. The van der Waals surface area contributed by atoms with E-state index in [0.29, 0.717) is 0 Å². The Balaban J connectivity index is 1.92. The van der Waals surface area contributed by atoms with E-state index in [0.717, 1.165) is 6.07 Å². The molecule has 8 nitrogen and oxygen atoms in total. The standard InChI is InChI=1S/C16H18FN3O5/c1-16(14(18)22,12-6-19-15(23)25-12)8-3-4-10(9(17)5-8)20-7-11(24-2)13(20)21/h3-5,11-12H,6-7H2,1-2H3,(H2,18,22)(H,19,23). The van der Waals surface area contributed by atoms with Crippen LogP contribution in [-0.2, 0) is 24.5 Å². The molecule has 1 aromatic carbocycles. The molecule has 3 rings (SSSR count). The monoisotopic (exact) mass is 351 g/mol. The molecule has 1 aromatic rings. The highest BCUT2D eigenvalue weighted by molar-refractivity contribution is 6.03. The van der Waals surface area contributed by atoms with Crippen LogP contribution in [-0.4, -0.2) is 50.3 Å². The molecule has 0 saturated carbocycles. The van der Waals surface area contributed by atoms with Crippen molar-refractivity contribution in [3.05, 3.63) is 29.6 Å². The molecular formula is C16H18FN3O5. The summed E-state index contributed by atoms with van der Waals surface area (Å²) in [5.74, 6) is -1.76. The predicted octanol–water partition coefficient (Wildman–Crippen LogP) is 0.0387. The van der Waals surface area contributed by atoms with Crippen LogP contribution in [0.1, 0.15) is 12.5 Å². The third-order valence-electron chi connectivity index (χ3n) is 4.85. The number of primary amides is 1. The lowest BCUT2D eigenvalue weighted by Crippen LogP contribution is -2.58. The molecule has 3 atom stereocenters. The van der Waals surface area contributed by atoms with Crippen molar-refractivity contribution in [3.8, 4) is 0 Å². The molecule has 0 aliphatic carbocycles. The lowest BCUT2D eigenvalue weighted by Gasteiger charge is -2.38. The fourth-order valence-corrected chi connectivity index (χ4v) is 3.03. The van der Waals surface area contributed by atoms with E-state index in [2.05, 4.69) is 5.32 Å². The molecule has 9 heteroatoms. The number of cyclic esters (lactones) is 1. The van der Waals surface area contributed by atoms with Crippen molar-refractivity contribution in [1.82, 2.24) is 5.32 Å². The number of nitrogens with two attached hydrogens (primary N) is 1. The number of alkyl carbamates (subject to hydrolysis) is 1. The Morgan fingerprint density at radius 3 is 2.68 bits per heavy atom. The van der Waals surface area contributed by atoms with Gasteiger partial charge in [0.05, 0.1) is 18.8 Å². The van der Waals surface area contributed by atoms with Gasteiger partial charge < -0.3 is 25.4 Å². The van der Waals surface area contributed by atoms with Crippen molar-refractivity contribution in [2.75, 3.05) is 25.1 Å². The number of halogens is 1. The third-order valence-corrected chi connectivity index (χ3v) is 4.85. The van der Waals surface area contributed by atoms with E-state index < -0.39 is 35.4 Å². The van der Waals surface area contributed by atoms with Gasteiger partial charge >= 0.3 is 6.09 Å². The maximum Gasteiger partial charge on any atom is 0.407 e. The number of carbonyl (C=O) groups excluding carboxylic acids is 3. The molecule has 0 bridgehead atoms. The van der Waals surface area contributed by atoms with Crippen LogP contribution < -0.4 is 16.0 Å². The average molecular weight is 351 g/mol. The van der Waals surface area contributed by atoms with Gasteiger partial charge in [0.25, 0.3) is 5.91 Å². The van der Waals surface area contributed by atoms with Gasteiger partial charge in [0.2, 0.25) is 5.91 Å². The van der Waals surface area contributed by atoms with Gasteiger partial charge in [0.1, 0.15) is 17.3 Å². The molecule has 3 amide bonds. The van der Waals surface area contributed by atoms with Gasteiger partial charge in [-0.05, 0) is 24.6 Å². The van der Waals surface area contributed by atoms with Crippen molar-refractivity contribution < 1.29 is 28.2 Å². The summed E-state index contributed by atoms with van der Waals surface area (Å²) < 4.78 is 24.6. The molecule has 2 aliphatic heterocycles. The van der Waals surface area contributed by atoms with Crippen LogP contribution >= 0.6 is 0 Å². The highest BCUT2D eigenvalue weighted by atomic mass is 19.1. The molecule has 3 unspecified atom stereocenters. The molecule has 25 heavy (non-hydrogen) atoms. The van der Waals surface area contributed by atoms with Gasteiger partial charge in [-0.2, -0.15) is 0 Å². The Hall–Kier alpha value is -2.68. The van der Waals surface area contributed by atoms with E-state index in [1.165, 1.54) is 31.1 Å². The molecule has 2 heterocycles. The van der Waals surface area contributed by atoms with Crippen LogP contribution in [0.5, 0.6) is 0 Å². The number of rotatable bonds is 5. The van der Waals surface area contributed by atoms with Crippen LogP contribution in [0.2, 0.25) is 0 Å². The molecule has 0 spiro atoms. The van der Waals surface area contributed by atoms with Crippen LogP contribution in [0.25, 0.3) is 0 Å². The minimum absolute atomic E-state index is 0.0851. The molecule has 0 aromatic heterocycles. The predicted molar refractivity (Wildman–Crippen MR) is 84.4 cm³/mol. The van der Waals surface area contributed by atoms with Gasteiger partial charge in [-0.15, -0.1) is 0 Å². The van der Waals surface area contributed by atoms with Crippen LogP contribution in [0.3, 0.4) is 0 Å². The van der Waals surface area contributed by atoms with E-state index >= 15 is 0 Å².